The minimum Gasteiger partial charge on any atom is -0.489 e. The molecule has 1 aromatic rings. The van der Waals surface area contributed by atoms with Gasteiger partial charge in [0.2, 0.25) is 0 Å². The third kappa shape index (κ3) is 3.48. The molecule has 1 fully saturated rings. The topological polar surface area (TPSA) is 78.3 Å². The van der Waals surface area contributed by atoms with E-state index in [0.717, 1.165) is 23.7 Å². The summed E-state index contributed by atoms with van der Waals surface area (Å²) in [5.74, 6) is 0.440. The van der Waals surface area contributed by atoms with Gasteiger partial charge in [-0.3, -0.25) is 4.79 Å². The molecule has 0 saturated heterocycles. The molecule has 1 amide bonds. The maximum atomic E-state index is 11.5. The molecule has 4 N–H and O–H groups in total. The molecule has 104 valence electrons. The van der Waals surface area contributed by atoms with E-state index in [1.807, 2.05) is 6.07 Å². The Hall–Kier alpha value is -1.07. The first-order valence-electron chi connectivity index (χ1n) is 6.58. The molecule has 2 rings (SSSR count). The highest BCUT2D eigenvalue weighted by atomic mass is 79.9. The van der Waals surface area contributed by atoms with Gasteiger partial charge in [-0.25, -0.2) is 0 Å². The van der Waals surface area contributed by atoms with Crippen LogP contribution in [0.25, 0.3) is 0 Å². The highest BCUT2D eigenvalue weighted by Crippen LogP contribution is 2.30. The van der Waals surface area contributed by atoms with Crippen molar-refractivity contribution < 1.29 is 9.53 Å². The van der Waals surface area contributed by atoms with E-state index in [0.29, 0.717) is 23.8 Å². The molecule has 1 aromatic carbocycles. The lowest BCUT2D eigenvalue weighted by Crippen LogP contribution is -2.35. The Morgan fingerprint density at radius 1 is 1.37 bits per heavy atom. The first-order chi connectivity index (χ1) is 9.11. The van der Waals surface area contributed by atoms with Crippen LogP contribution in [0.2, 0.25) is 0 Å². The van der Waals surface area contributed by atoms with Crippen molar-refractivity contribution in [2.75, 3.05) is 6.54 Å². The molecule has 2 atom stereocenters. The van der Waals surface area contributed by atoms with Gasteiger partial charge in [0.15, 0.2) is 0 Å². The normalized spacial score (nSPS) is 23.1. The summed E-state index contributed by atoms with van der Waals surface area (Å²) in [5.41, 5.74) is 11.6. The van der Waals surface area contributed by atoms with E-state index in [1.165, 1.54) is 6.42 Å². The predicted molar refractivity (Wildman–Crippen MR) is 78.1 cm³/mol. The van der Waals surface area contributed by atoms with Crippen molar-refractivity contribution in [3.05, 3.63) is 28.2 Å². The summed E-state index contributed by atoms with van der Waals surface area (Å²) in [6, 6.07) is 5.33. The van der Waals surface area contributed by atoms with E-state index >= 15 is 0 Å². The number of nitrogens with two attached hydrogens (primary N) is 2. The van der Waals surface area contributed by atoms with Crippen LogP contribution in [0.4, 0.5) is 0 Å². The summed E-state index contributed by atoms with van der Waals surface area (Å²) >= 11 is 3.33. The van der Waals surface area contributed by atoms with Crippen LogP contribution in [0.1, 0.15) is 36.0 Å². The van der Waals surface area contributed by atoms with Crippen LogP contribution in [0.3, 0.4) is 0 Å². The summed E-state index contributed by atoms with van der Waals surface area (Å²) in [4.78, 5) is 11.5. The average molecular weight is 327 g/mol. The molecule has 0 aromatic heterocycles. The SMILES string of the molecule is NCC1CCCCC1Oc1ccc(Br)cc1C(N)=O. The van der Waals surface area contributed by atoms with Gasteiger partial charge < -0.3 is 16.2 Å². The molecule has 19 heavy (non-hydrogen) atoms. The Labute approximate surface area is 121 Å². The third-order valence-corrected chi connectivity index (χ3v) is 4.12. The molecule has 2 unspecified atom stereocenters. The van der Waals surface area contributed by atoms with Gasteiger partial charge >= 0.3 is 0 Å². The van der Waals surface area contributed by atoms with Crippen molar-refractivity contribution in [1.29, 1.82) is 0 Å². The second-order valence-electron chi connectivity index (χ2n) is 4.94. The number of rotatable bonds is 4. The van der Waals surface area contributed by atoms with Gasteiger partial charge in [-0.05, 0) is 44.0 Å². The number of carbonyl (C=O) groups excluding carboxylic acids is 1. The molecule has 4 nitrogen and oxygen atoms in total. The fourth-order valence-corrected chi connectivity index (χ4v) is 2.92. The third-order valence-electron chi connectivity index (χ3n) is 3.63. The Morgan fingerprint density at radius 3 is 2.79 bits per heavy atom. The van der Waals surface area contributed by atoms with E-state index < -0.39 is 5.91 Å². The van der Waals surface area contributed by atoms with Crippen LogP contribution >= 0.6 is 15.9 Å². The number of carbonyl (C=O) groups is 1. The Balaban J connectivity index is 2.20. The predicted octanol–water partition coefficient (Wildman–Crippen LogP) is 2.44. The van der Waals surface area contributed by atoms with E-state index in [1.54, 1.807) is 12.1 Å². The number of benzene rings is 1. The van der Waals surface area contributed by atoms with Gasteiger partial charge in [-0.2, -0.15) is 0 Å². The largest absolute Gasteiger partial charge is 0.489 e. The smallest absolute Gasteiger partial charge is 0.252 e. The van der Waals surface area contributed by atoms with Gasteiger partial charge in [-0.15, -0.1) is 0 Å². The molecule has 0 heterocycles. The molecule has 1 aliphatic carbocycles. The summed E-state index contributed by atoms with van der Waals surface area (Å²) in [7, 11) is 0. The number of halogens is 1. The van der Waals surface area contributed by atoms with Crippen molar-refractivity contribution in [3.8, 4) is 5.75 Å². The number of hydrogen-bond donors (Lipinski definition) is 2. The zero-order valence-electron chi connectivity index (χ0n) is 10.8. The maximum Gasteiger partial charge on any atom is 0.252 e. The van der Waals surface area contributed by atoms with Crippen molar-refractivity contribution in [2.24, 2.45) is 17.4 Å². The van der Waals surface area contributed by atoms with Crippen molar-refractivity contribution in [2.45, 2.75) is 31.8 Å². The minimum absolute atomic E-state index is 0.0815. The first-order valence-corrected chi connectivity index (χ1v) is 7.37. The van der Waals surface area contributed by atoms with E-state index in [9.17, 15) is 4.79 Å². The summed E-state index contributed by atoms with van der Waals surface area (Å²) in [6.45, 7) is 0.618. The van der Waals surface area contributed by atoms with E-state index in [2.05, 4.69) is 15.9 Å². The highest BCUT2D eigenvalue weighted by molar-refractivity contribution is 9.10. The number of ether oxygens (including phenoxy) is 1. The van der Waals surface area contributed by atoms with Gasteiger partial charge in [-0.1, -0.05) is 22.4 Å². The van der Waals surface area contributed by atoms with Gasteiger partial charge in [0, 0.05) is 10.4 Å². The fourth-order valence-electron chi connectivity index (χ4n) is 2.56. The van der Waals surface area contributed by atoms with Crippen LogP contribution in [0.15, 0.2) is 22.7 Å². The number of primary amides is 1. The molecular weight excluding hydrogens is 308 g/mol. The molecule has 1 aliphatic rings. The Bertz CT molecular complexity index is 465. The van der Waals surface area contributed by atoms with Crippen molar-refractivity contribution in [1.82, 2.24) is 0 Å². The first kappa shape index (κ1) is 14.3. The second kappa shape index (κ2) is 6.39. The summed E-state index contributed by atoms with van der Waals surface area (Å²) < 4.78 is 6.82. The Morgan fingerprint density at radius 2 is 2.11 bits per heavy atom. The van der Waals surface area contributed by atoms with Gasteiger partial charge in [0.1, 0.15) is 11.9 Å². The zero-order valence-corrected chi connectivity index (χ0v) is 12.4. The van der Waals surface area contributed by atoms with Crippen molar-refractivity contribution in [3.63, 3.8) is 0 Å². The zero-order chi connectivity index (χ0) is 13.8. The molecule has 1 saturated carbocycles. The highest BCUT2D eigenvalue weighted by Gasteiger charge is 2.26. The van der Waals surface area contributed by atoms with E-state index in [4.69, 9.17) is 16.2 Å². The molecule has 0 bridgehead atoms. The lowest BCUT2D eigenvalue weighted by Gasteiger charge is -2.31. The summed E-state index contributed by atoms with van der Waals surface area (Å²) in [5, 5.41) is 0. The van der Waals surface area contributed by atoms with Gasteiger partial charge in [0.05, 0.1) is 5.56 Å². The minimum atomic E-state index is -0.476. The molecule has 5 heteroatoms. The lowest BCUT2D eigenvalue weighted by atomic mass is 9.86. The number of amides is 1. The maximum absolute atomic E-state index is 11.5. The quantitative estimate of drug-likeness (QED) is 0.891. The van der Waals surface area contributed by atoms with Crippen LogP contribution in [0, 0.1) is 5.92 Å². The fraction of sp³-hybridized carbons (Fsp3) is 0.500. The second-order valence-corrected chi connectivity index (χ2v) is 5.86. The van der Waals surface area contributed by atoms with Crippen LogP contribution < -0.4 is 16.2 Å². The molecular formula is C14H19BrN2O2. The molecule has 0 spiro atoms. The van der Waals surface area contributed by atoms with Gasteiger partial charge in [0.25, 0.3) is 5.91 Å². The molecule has 0 radical (unpaired) electrons. The average Bonchev–Trinajstić information content (AvgIpc) is 2.41. The van der Waals surface area contributed by atoms with Crippen molar-refractivity contribution >= 4 is 21.8 Å². The lowest BCUT2D eigenvalue weighted by molar-refractivity contribution is 0.0907. The van der Waals surface area contributed by atoms with E-state index in [-0.39, 0.29) is 6.10 Å². The summed E-state index contributed by atoms with van der Waals surface area (Å²) in [6.07, 6.45) is 4.49. The van der Waals surface area contributed by atoms with Crippen LogP contribution in [-0.2, 0) is 0 Å². The monoisotopic (exact) mass is 326 g/mol. The molecule has 0 aliphatic heterocycles. The number of hydrogen-bond acceptors (Lipinski definition) is 3. The van der Waals surface area contributed by atoms with Crippen LogP contribution in [0.5, 0.6) is 5.75 Å². The Kier molecular flexibility index (Phi) is 4.82. The standard InChI is InChI=1S/C14H19BrN2O2/c15-10-5-6-13(11(7-10)14(17)18)19-12-4-2-1-3-9(12)8-16/h5-7,9,12H,1-4,8,16H2,(H2,17,18). The van der Waals surface area contributed by atoms with Crippen LogP contribution in [-0.4, -0.2) is 18.6 Å².